The van der Waals surface area contributed by atoms with Crippen molar-refractivity contribution in [2.24, 2.45) is 0 Å². The molecule has 3 aromatic rings. The van der Waals surface area contributed by atoms with Gasteiger partial charge in [0.15, 0.2) is 0 Å². The second-order valence-electron chi connectivity index (χ2n) is 6.27. The molecule has 0 unspecified atom stereocenters. The number of carbonyl (C=O) groups is 2. The number of amides is 2. The maximum absolute atomic E-state index is 12.2. The lowest BCUT2D eigenvalue weighted by Gasteiger charge is -2.07. The molecule has 0 spiro atoms. The van der Waals surface area contributed by atoms with Crippen LogP contribution in [0.25, 0.3) is 0 Å². The van der Waals surface area contributed by atoms with E-state index in [0.717, 1.165) is 22.6 Å². The Morgan fingerprint density at radius 3 is 2.07 bits per heavy atom. The molecule has 0 aliphatic rings. The lowest BCUT2D eigenvalue weighted by molar-refractivity contribution is -0.118. The zero-order chi connectivity index (χ0) is 19.6. The summed E-state index contributed by atoms with van der Waals surface area (Å²) in [4.78, 5) is 24.2. The Labute approximate surface area is 169 Å². The largest absolute Gasteiger partial charge is 0.351 e. The smallest absolute Gasteiger partial charge is 0.255 e. The van der Waals surface area contributed by atoms with Crippen LogP contribution in [0.4, 0.5) is 5.69 Å². The third-order valence-electron chi connectivity index (χ3n) is 4.08. The van der Waals surface area contributed by atoms with E-state index in [0.29, 0.717) is 17.9 Å². The predicted octanol–water partition coefficient (Wildman–Crippen LogP) is 4.49. The third kappa shape index (κ3) is 6.28. The second-order valence-corrected chi connectivity index (χ2v) is 7.26. The van der Waals surface area contributed by atoms with Gasteiger partial charge in [-0.1, -0.05) is 60.7 Å². The molecule has 2 amide bonds. The van der Waals surface area contributed by atoms with Crippen LogP contribution in [0.5, 0.6) is 0 Å². The molecule has 2 N–H and O–H groups in total. The molecule has 0 bridgehead atoms. The maximum atomic E-state index is 12.2. The first kappa shape index (κ1) is 19.7. The molecule has 4 nitrogen and oxygen atoms in total. The molecule has 0 aromatic heterocycles. The molecule has 0 aliphatic carbocycles. The quantitative estimate of drug-likeness (QED) is 0.596. The van der Waals surface area contributed by atoms with Crippen LogP contribution in [0.3, 0.4) is 0 Å². The van der Waals surface area contributed by atoms with Gasteiger partial charge in [-0.2, -0.15) is 0 Å². The number of thioether (sulfide) groups is 1. The molecule has 0 saturated carbocycles. The normalized spacial score (nSPS) is 10.3. The third-order valence-corrected chi connectivity index (χ3v) is 5.09. The van der Waals surface area contributed by atoms with Gasteiger partial charge in [-0.15, -0.1) is 11.8 Å². The molecule has 0 saturated heterocycles. The first-order valence-electron chi connectivity index (χ1n) is 9.04. The van der Waals surface area contributed by atoms with Crippen molar-refractivity contribution in [2.75, 3.05) is 11.1 Å². The second kappa shape index (κ2) is 10.3. The number of nitrogens with one attached hydrogen (secondary N) is 2. The average Bonchev–Trinajstić information content (AvgIpc) is 2.74. The van der Waals surface area contributed by atoms with Crippen molar-refractivity contribution in [3.05, 3.63) is 102 Å². The number of rotatable bonds is 8. The van der Waals surface area contributed by atoms with Crippen molar-refractivity contribution < 1.29 is 9.59 Å². The molecule has 5 heteroatoms. The van der Waals surface area contributed by atoms with Gasteiger partial charge in [0.1, 0.15) is 0 Å². The standard InChI is InChI=1S/C23H22N2O2S/c26-22(24-15-18-7-3-1-4-8-18)17-28-16-19-11-13-20(14-12-19)23(27)25-21-9-5-2-6-10-21/h1-14H,15-17H2,(H,24,26)(H,25,27). The molecule has 3 rings (SSSR count). The van der Waals surface area contributed by atoms with Gasteiger partial charge in [-0.3, -0.25) is 9.59 Å². The molecule has 0 heterocycles. The van der Waals surface area contributed by atoms with Gasteiger partial charge in [0.25, 0.3) is 5.91 Å². The average molecular weight is 391 g/mol. The van der Waals surface area contributed by atoms with Gasteiger partial charge in [0.05, 0.1) is 5.75 Å². The van der Waals surface area contributed by atoms with E-state index in [1.54, 1.807) is 11.8 Å². The van der Waals surface area contributed by atoms with Crippen LogP contribution >= 0.6 is 11.8 Å². The Hall–Kier alpha value is -3.05. The van der Waals surface area contributed by atoms with Crippen LogP contribution in [0.2, 0.25) is 0 Å². The highest BCUT2D eigenvalue weighted by Gasteiger charge is 2.06. The number of benzene rings is 3. The SMILES string of the molecule is O=C(CSCc1ccc(C(=O)Nc2ccccc2)cc1)NCc1ccccc1. The lowest BCUT2D eigenvalue weighted by atomic mass is 10.1. The predicted molar refractivity (Wildman–Crippen MR) is 115 cm³/mol. The highest BCUT2D eigenvalue weighted by atomic mass is 32.2. The van der Waals surface area contributed by atoms with Crippen LogP contribution in [-0.4, -0.2) is 17.6 Å². The van der Waals surface area contributed by atoms with E-state index in [1.807, 2.05) is 84.9 Å². The fourth-order valence-corrected chi connectivity index (χ4v) is 3.40. The highest BCUT2D eigenvalue weighted by Crippen LogP contribution is 2.14. The van der Waals surface area contributed by atoms with Crippen LogP contribution in [0, 0.1) is 0 Å². The van der Waals surface area contributed by atoms with Gasteiger partial charge in [-0.25, -0.2) is 0 Å². The summed E-state index contributed by atoms with van der Waals surface area (Å²) in [6.07, 6.45) is 0. The zero-order valence-electron chi connectivity index (χ0n) is 15.4. The van der Waals surface area contributed by atoms with Crippen molar-refractivity contribution in [1.29, 1.82) is 0 Å². The Morgan fingerprint density at radius 2 is 1.39 bits per heavy atom. The van der Waals surface area contributed by atoms with Gasteiger partial charge >= 0.3 is 0 Å². The summed E-state index contributed by atoms with van der Waals surface area (Å²) in [6, 6.07) is 26.7. The summed E-state index contributed by atoms with van der Waals surface area (Å²) in [7, 11) is 0. The topological polar surface area (TPSA) is 58.2 Å². The number of carbonyl (C=O) groups excluding carboxylic acids is 2. The minimum Gasteiger partial charge on any atom is -0.351 e. The van der Waals surface area contributed by atoms with Crippen molar-refractivity contribution >= 4 is 29.3 Å². The first-order chi connectivity index (χ1) is 13.7. The molecule has 0 aliphatic heterocycles. The van der Waals surface area contributed by atoms with Crippen molar-refractivity contribution in [1.82, 2.24) is 5.32 Å². The lowest BCUT2D eigenvalue weighted by Crippen LogP contribution is -2.24. The highest BCUT2D eigenvalue weighted by molar-refractivity contribution is 7.99. The number of para-hydroxylation sites is 1. The van der Waals surface area contributed by atoms with Crippen molar-refractivity contribution in [2.45, 2.75) is 12.3 Å². The zero-order valence-corrected chi connectivity index (χ0v) is 16.2. The minimum atomic E-state index is -0.134. The molecule has 0 atom stereocenters. The summed E-state index contributed by atoms with van der Waals surface area (Å²) in [5.41, 5.74) is 3.55. The minimum absolute atomic E-state index is 0.0210. The first-order valence-corrected chi connectivity index (χ1v) is 10.2. The number of hydrogen-bond acceptors (Lipinski definition) is 3. The summed E-state index contributed by atoms with van der Waals surface area (Å²) in [5, 5.41) is 5.79. The van der Waals surface area contributed by atoms with Gasteiger partial charge in [0.2, 0.25) is 5.91 Å². The summed E-state index contributed by atoms with van der Waals surface area (Å²) in [5.74, 6) is 1.01. The summed E-state index contributed by atoms with van der Waals surface area (Å²) < 4.78 is 0. The monoisotopic (exact) mass is 390 g/mol. The van der Waals surface area contributed by atoms with Crippen LogP contribution in [0.1, 0.15) is 21.5 Å². The van der Waals surface area contributed by atoms with Crippen molar-refractivity contribution in [3.8, 4) is 0 Å². The van der Waals surface area contributed by atoms with E-state index in [1.165, 1.54) is 0 Å². The van der Waals surface area contributed by atoms with E-state index >= 15 is 0 Å². The number of hydrogen-bond donors (Lipinski definition) is 2. The van der Waals surface area contributed by atoms with Gasteiger partial charge in [-0.05, 0) is 35.4 Å². The van der Waals surface area contributed by atoms with E-state index in [4.69, 9.17) is 0 Å². The molecule has 0 radical (unpaired) electrons. The molecule has 3 aromatic carbocycles. The van der Waals surface area contributed by atoms with Crippen LogP contribution in [-0.2, 0) is 17.1 Å². The van der Waals surface area contributed by atoms with E-state index in [2.05, 4.69) is 10.6 Å². The van der Waals surface area contributed by atoms with E-state index < -0.39 is 0 Å². The fourth-order valence-electron chi connectivity index (χ4n) is 2.59. The van der Waals surface area contributed by atoms with Gasteiger partial charge in [0, 0.05) is 23.5 Å². The number of anilines is 1. The van der Waals surface area contributed by atoms with E-state index in [-0.39, 0.29) is 11.8 Å². The summed E-state index contributed by atoms with van der Waals surface area (Å²) in [6.45, 7) is 0.547. The van der Waals surface area contributed by atoms with E-state index in [9.17, 15) is 9.59 Å². The summed E-state index contributed by atoms with van der Waals surface area (Å²) >= 11 is 1.55. The molecule has 28 heavy (non-hydrogen) atoms. The van der Waals surface area contributed by atoms with Crippen molar-refractivity contribution in [3.63, 3.8) is 0 Å². The Kier molecular flexibility index (Phi) is 7.27. The van der Waals surface area contributed by atoms with Gasteiger partial charge < -0.3 is 10.6 Å². The maximum Gasteiger partial charge on any atom is 0.255 e. The molecular formula is C23H22N2O2S. The fraction of sp³-hybridized carbons (Fsp3) is 0.130. The molecule has 0 fully saturated rings. The Morgan fingerprint density at radius 1 is 0.750 bits per heavy atom. The Balaban J connectivity index is 1.40. The van der Waals surface area contributed by atoms with Crippen LogP contribution in [0.15, 0.2) is 84.9 Å². The Bertz CT molecular complexity index is 897. The van der Waals surface area contributed by atoms with Crippen LogP contribution < -0.4 is 10.6 Å². The molecular weight excluding hydrogens is 368 g/mol. The molecule has 142 valence electrons.